The van der Waals surface area contributed by atoms with Gasteiger partial charge in [0.25, 0.3) is 5.91 Å². The van der Waals surface area contributed by atoms with E-state index in [1.807, 2.05) is 53.4 Å². The van der Waals surface area contributed by atoms with E-state index in [4.69, 9.17) is 4.74 Å². The molecule has 2 aromatic heterocycles. The minimum Gasteiger partial charge on any atom is -0.497 e. The highest BCUT2D eigenvalue weighted by atomic mass is 16.5. The van der Waals surface area contributed by atoms with E-state index in [9.17, 15) is 4.79 Å². The van der Waals surface area contributed by atoms with Crippen molar-refractivity contribution in [1.82, 2.24) is 20.1 Å². The summed E-state index contributed by atoms with van der Waals surface area (Å²) < 4.78 is 5.18. The maximum Gasteiger partial charge on any atom is 0.272 e. The van der Waals surface area contributed by atoms with E-state index in [0.29, 0.717) is 18.8 Å². The van der Waals surface area contributed by atoms with Crippen LogP contribution in [0, 0.1) is 0 Å². The number of nitrogens with zero attached hydrogens (tertiary/aromatic N) is 5. The second-order valence-electron chi connectivity index (χ2n) is 6.50. The second kappa shape index (κ2) is 8.04. The number of carbonyl (C=O) groups is 1. The molecule has 142 valence electrons. The molecule has 0 unspecified atom stereocenters. The first kappa shape index (κ1) is 17.9. The zero-order valence-corrected chi connectivity index (χ0v) is 15.7. The van der Waals surface area contributed by atoms with Gasteiger partial charge < -0.3 is 14.5 Å². The maximum atomic E-state index is 12.5. The third-order valence-electron chi connectivity index (χ3n) is 4.81. The average molecular weight is 375 g/mol. The third-order valence-corrected chi connectivity index (χ3v) is 4.81. The Hall–Kier alpha value is -3.48. The van der Waals surface area contributed by atoms with Gasteiger partial charge >= 0.3 is 0 Å². The number of anilines is 1. The minimum atomic E-state index is -0.0267. The van der Waals surface area contributed by atoms with Crippen LogP contribution < -0.4 is 9.64 Å². The Balaban J connectivity index is 1.38. The molecule has 1 aliphatic rings. The van der Waals surface area contributed by atoms with Crippen molar-refractivity contribution in [2.75, 3.05) is 38.2 Å². The van der Waals surface area contributed by atoms with Crippen LogP contribution in [0.3, 0.4) is 0 Å². The maximum absolute atomic E-state index is 12.5. The molecule has 7 heteroatoms. The summed E-state index contributed by atoms with van der Waals surface area (Å²) in [6, 6.07) is 17.1. The van der Waals surface area contributed by atoms with Crippen LogP contribution in [0.25, 0.3) is 11.3 Å². The molecule has 1 saturated heterocycles. The molecule has 1 aromatic carbocycles. The molecule has 28 heavy (non-hydrogen) atoms. The number of hydrogen-bond donors (Lipinski definition) is 0. The van der Waals surface area contributed by atoms with Crippen molar-refractivity contribution in [3.05, 3.63) is 66.5 Å². The fourth-order valence-corrected chi connectivity index (χ4v) is 3.20. The van der Waals surface area contributed by atoms with E-state index in [1.165, 1.54) is 0 Å². The molecule has 0 N–H and O–H groups in total. The first-order chi connectivity index (χ1) is 13.7. The molecule has 3 heterocycles. The van der Waals surface area contributed by atoms with E-state index in [1.54, 1.807) is 19.4 Å². The Morgan fingerprint density at radius 1 is 0.929 bits per heavy atom. The van der Waals surface area contributed by atoms with Crippen LogP contribution in [0.15, 0.2) is 60.8 Å². The predicted molar refractivity (Wildman–Crippen MR) is 106 cm³/mol. The molecular formula is C21H21N5O2. The Bertz CT molecular complexity index is 921. The van der Waals surface area contributed by atoms with Crippen molar-refractivity contribution in [2.24, 2.45) is 0 Å². The van der Waals surface area contributed by atoms with Gasteiger partial charge in [0, 0.05) is 37.9 Å². The summed E-state index contributed by atoms with van der Waals surface area (Å²) in [6.07, 6.45) is 1.64. The van der Waals surface area contributed by atoms with Gasteiger partial charge in [-0.3, -0.25) is 9.78 Å². The lowest BCUT2D eigenvalue weighted by atomic mass is 10.1. The number of carbonyl (C=O) groups excluding carboxylic acids is 1. The summed E-state index contributed by atoms with van der Waals surface area (Å²) in [5.41, 5.74) is 2.29. The minimum absolute atomic E-state index is 0.0267. The summed E-state index contributed by atoms with van der Waals surface area (Å²) >= 11 is 0. The van der Waals surface area contributed by atoms with Gasteiger partial charge in [0.15, 0.2) is 5.82 Å². The van der Waals surface area contributed by atoms with Gasteiger partial charge in [-0.15, -0.1) is 10.2 Å². The van der Waals surface area contributed by atoms with Crippen LogP contribution in [0.4, 0.5) is 5.82 Å². The molecule has 3 aromatic rings. The van der Waals surface area contributed by atoms with Gasteiger partial charge in [-0.25, -0.2) is 0 Å². The van der Waals surface area contributed by atoms with Crippen molar-refractivity contribution in [1.29, 1.82) is 0 Å². The summed E-state index contributed by atoms with van der Waals surface area (Å²) in [4.78, 5) is 20.6. The molecule has 0 spiro atoms. The normalized spacial score (nSPS) is 14.0. The highest BCUT2D eigenvalue weighted by Crippen LogP contribution is 2.22. The fourth-order valence-electron chi connectivity index (χ4n) is 3.20. The molecule has 1 aliphatic heterocycles. The number of piperazine rings is 1. The van der Waals surface area contributed by atoms with Crippen LogP contribution in [0.5, 0.6) is 5.75 Å². The fraction of sp³-hybridized carbons (Fsp3) is 0.238. The zero-order valence-electron chi connectivity index (χ0n) is 15.7. The molecule has 0 saturated carbocycles. The van der Waals surface area contributed by atoms with Crippen LogP contribution in [-0.2, 0) is 0 Å². The molecule has 0 aliphatic carbocycles. The number of hydrogen-bond acceptors (Lipinski definition) is 6. The summed E-state index contributed by atoms with van der Waals surface area (Å²) in [6.45, 7) is 2.71. The quantitative estimate of drug-likeness (QED) is 0.698. The largest absolute Gasteiger partial charge is 0.497 e. The van der Waals surface area contributed by atoms with Crippen molar-refractivity contribution in [3.8, 4) is 17.0 Å². The zero-order chi connectivity index (χ0) is 19.3. The molecule has 4 rings (SSSR count). The van der Waals surface area contributed by atoms with Crippen molar-refractivity contribution in [3.63, 3.8) is 0 Å². The number of rotatable bonds is 4. The van der Waals surface area contributed by atoms with Crippen LogP contribution in [0.1, 0.15) is 10.5 Å². The lowest BCUT2D eigenvalue weighted by molar-refractivity contribution is 0.0740. The number of pyridine rings is 1. The average Bonchev–Trinajstić information content (AvgIpc) is 2.79. The first-order valence-electron chi connectivity index (χ1n) is 9.18. The van der Waals surface area contributed by atoms with Crippen LogP contribution in [-0.4, -0.2) is 59.3 Å². The van der Waals surface area contributed by atoms with E-state index < -0.39 is 0 Å². The third kappa shape index (κ3) is 3.78. The highest BCUT2D eigenvalue weighted by Gasteiger charge is 2.23. The molecular weight excluding hydrogens is 354 g/mol. The van der Waals surface area contributed by atoms with Gasteiger partial charge in [0.2, 0.25) is 0 Å². The lowest BCUT2D eigenvalue weighted by Gasteiger charge is -2.35. The number of methoxy groups -OCH3 is 1. The standard InChI is InChI=1S/C21H21N5O2/c1-28-17-7-5-16(6-8-17)18-9-10-20(24-23-18)25-12-14-26(15-13-25)21(27)19-4-2-3-11-22-19/h2-11H,12-15H2,1H3. The topological polar surface area (TPSA) is 71.5 Å². The molecule has 0 atom stereocenters. The number of ether oxygens (including phenoxy) is 1. The van der Waals surface area contributed by atoms with E-state index in [2.05, 4.69) is 20.1 Å². The Morgan fingerprint density at radius 3 is 2.32 bits per heavy atom. The number of amides is 1. The van der Waals surface area contributed by atoms with Crippen LogP contribution in [0.2, 0.25) is 0 Å². The van der Waals surface area contributed by atoms with Crippen LogP contribution >= 0.6 is 0 Å². The summed E-state index contributed by atoms with van der Waals surface area (Å²) in [5, 5.41) is 8.74. The first-order valence-corrected chi connectivity index (χ1v) is 9.18. The molecule has 7 nitrogen and oxygen atoms in total. The SMILES string of the molecule is COc1ccc(-c2ccc(N3CCN(C(=O)c4ccccn4)CC3)nn2)cc1. The summed E-state index contributed by atoms with van der Waals surface area (Å²) in [5.74, 6) is 1.61. The van der Waals surface area contributed by atoms with Gasteiger partial charge in [-0.05, 0) is 48.5 Å². The molecule has 0 radical (unpaired) electrons. The Labute approximate surface area is 163 Å². The highest BCUT2D eigenvalue weighted by molar-refractivity contribution is 5.92. The molecule has 0 bridgehead atoms. The predicted octanol–water partition coefficient (Wildman–Crippen LogP) is 2.51. The Morgan fingerprint density at radius 2 is 1.71 bits per heavy atom. The van der Waals surface area contributed by atoms with E-state index in [0.717, 1.165) is 35.9 Å². The Kier molecular flexibility index (Phi) is 5.14. The lowest BCUT2D eigenvalue weighted by Crippen LogP contribution is -2.49. The van der Waals surface area contributed by atoms with E-state index in [-0.39, 0.29) is 5.91 Å². The number of benzene rings is 1. The van der Waals surface area contributed by atoms with Gasteiger partial charge in [-0.1, -0.05) is 6.07 Å². The van der Waals surface area contributed by atoms with E-state index >= 15 is 0 Å². The smallest absolute Gasteiger partial charge is 0.272 e. The monoisotopic (exact) mass is 375 g/mol. The van der Waals surface area contributed by atoms with Crippen molar-refractivity contribution in [2.45, 2.75) is 0 Å². The van der Waals surface area contributed by atoms with Gasteiger partial charge in [0.1, 0.15) is 11.4 Å². The van der Waals surface area contributed by atoms with Gasteiger partial charge in [0.05, 0.1) is 12.8 Å². The van der Waals surface area contributed by atoms with Gasteiger partial charge in [-0.2, -0.15) is 0 Å². The number of aromatic nitrogens is 3. The van der Waals surface area contributed by atoms with Crippen molar-refractivity contribution >= 4 is 11.7 Å². The second-order valence-corrected chi connectivity index (χ2v) is 6.50. The molecule has 1 fully saturated rings. The van der Waals surface area contributed by atoms with Crippen molar-refractivity contribution < 1.29 is 9.53 Å². The summed E-state index contributed by atoms with van der Waals surface area (Å²) in [7, 11) is 1.65. The molecule has 1 amide bonds.